The molecule has 0 fully saturated rings. The summed E-state index contributed by atoms with van der Waals surface area (Å²) in [4.78, 5) is 20.8. The average Bonchev–Trinajstić information content (AvgIpc) is 2.48. The Bertz CT molecular complexity index is 331. The van der Waals surface area contributed by atoms with Gasteiger partial charge in [-0.15, -0.1) is 4.57 Å². The Kier molecular flexibility index (Phi) is 2.63. The highest BCUT2D eigenvalue weighted by molar-refractivity contribution is 5.73. The molecule has 1 aromatic rings. The van der Waals surface area contributed by atoms with Gasteiger partial charge in [-0.1, -0.05) is 0 Å². The molecule has 0 aliphatic carbocycles. The molecule has 13 heavy (non-hydrogen) atoms. The third-order valence-corrected chi connectivity index (χ3v) is 1.53. The molecule has 1 amide bonds. The number of carbonyl (C=O) groups is 2. The van der Waals surface area contributed by atoms with Crippen molar-refractivity contribution < 1.29 is 19.3 Å². The first kappa shape index (κ1) is 9.24. The maximum absolute atomic E-state index is 10.4. The molecule has 0 saturated heterocycles. The van der Waals surface area contributed by atoms with Crippen LogP contribution in [0.15, 0.2) is 18.7 Å². The Hall–Kier alpha value is -1.85. The maximum atomic E-state index is 10.4. The number of nitrogens with zero attached hydrogens (tertiary/aromatic N) is 2. The monoisotopic (exact) mass is 184 g/mol. The van der Waals surface area contributed by atoms with E-state index in [1.807, 2.05) is 0 Å². The number of amides is 1. The first-order valence-electron chi connectivity index (χ1n) is 3.68. The number of hydrogen-bond donors (Lipinski definition) is 2. The summed E-state index contributed by atoms with van der Waals surface area (Å²) in [5, 5.41) is 8.53. The van der Waals surface area contributed by atoms with Crippen molar-refractivity contribution in [1.29, 1.82) is 0 Å². The summed E-state index contributed by atoms with van der Waals surface area (Å²) in [5.74, 6) is -0.407. The Labute approximate surface area is 74.2 Å². The van der Waals surface area contributed by atoms with Crippen LogP contribution in [0.25, 0.3) is 0 Å². The van der Waals surface area contributed by atoms with Crippen LogP contribution >= 0.6 is 0 Å². The van der Waals surface area contributed by atoms with Crippen molar-refractivity contribution in [3.63, 3.8) is 0 Å². The molecular weight excluding hydrogens is 174 g/mol. The number of hydrogen-bond acceptors (Lipinski definition) is 2. The fourth-order valence-electron chi connectivity index (χ4n) is 0.879. The van der Waals surface area contributed by atoms with E-state index >= 15 is 0 Å². The summed E-state index contributed by atoms with van der Waals surface area (Å²) < 4.78 is 2.58. The molecule has 1 aromatic heterocycles. The van der Waals surface area contributed by atoms with Crippen molar-refractivity contribution >= 4 is 12.0 Å². The predicted octanol–water partition coefficient (Wildman–Crippen LogP) is -0.823. The number of rotatable bonds is 3. The molecule has 1 heterocycles. The van der Waals surface area contributed by atoms with Gasteiger partial charge in [0.05, 0.1) is 13.0 Å². The van der Waals surface area contributed by atoms with Gasteiger partial charge in [0.15, 0.2) is 0 Å². The summed E-state index contributed by atoms with van der Waals surface area (Å²) >= 11 is 0. The molecule has 0 saturated carbocycles. The zero-order valence-corrected chi connectivity index (χ0v) is 6.88. The van der Waals surface area contributed by atoms with Crippen LogP contribution in [0, 0.1) is 0 Å². The molecule has 6 nitrogen and oxygen atoms in total. The Morgan fingerprint density at radius 2 is 2.23 bits per heavy atom. The van der Waals surface area contributed by atoms with Gasteiger partial charge in [0, 0.05) is 0 Å². The van der Waals surface area contributed by atoms with Crippen molar-refractivity contribution in [3.05, 3.63) is 18.7 Å². The first-order valence-corrected chi connectivity index (χ1v) is 3.68. The summed E-state index contributed by atoms with van der Waals surface area (Å²) in [7, 11) is 0. The third-order valence-electron chi connectivity index (χ3n) is 1.53. The Morgan fingerprint density at radius 3 is 2.69 bits per heavy atom. The number of nitrogens with two attached hydrogens (primary N) is 1. The lowest BCUT2D eigenvalue weighted by Gasteiger charge is -1.90. The van der Waals surface area contributed by atoms with Crippen LogP contribution in [0.3, 0.4) is 0 Å². The van der Waals surface area contributed by atoms with Crippen molar-refractivity contribution in [3.8, 4) is 0 Å². The van der Waals surface area contributed by atoms with Crippen LogP contribution in [-0.4, -0.2) is 21.7 Å². The zero-order chi connectivity index (χ0) is 9.84. The fraction of sp³-hybridized carbons (Fsp3) is 0.286. The maximum Gasteiger partial charge on any atom is 0.509 e. The van der Waals surface area contributed by atoms with E-state index < -0.39 is 12.0 Å². The van der Waals surface area contributed by atoms with Crippen LogP contribution in [0.4, 0.5) is 4.79 Å². The predicted molar refractivity (Wildman–Crippen MR) is 41.9 cm³/mol. The minimum atomic E-state index is -1.06. The van der Waals surface area contributed by atoms with E-state index in [1.165, 1.54) is 12.5 Å². The van der Waals surface area contributed by atoms with Gasteiger partial charge < -0.3 is 10.8 Å². The molecule has 0 radical (unpaired) electrons. The number of aryl methyl sites for hydroxylation is 1. The molecule has 0 aliphatic heterocycles. The van der Waals surface area contributed by atoms with Crippen LogP contribution in [0.5, 0.6) is 0 Å². The lowest BCUT2D eigenvalue weighted by molar-refractivity contribution is -0.694. The van der Waals surface area contributed by atoms with E-state index in [-0.39, 0.29) is 6.42 Å². The van der Waals surface area contributed by atoms with Gasteiger partial charge in [0.25, 0.3) is 6.33 Å². The quantitative estimate of drug-likeness (QED) is 0.601. The normalized spacial score (nSPS) is 9.85. The minimum Gasteiger partial charge on any atom is -0.446 e. The second-order valence-electron chi connectivity index (χ2n) is 2.56. The van der Waals surface area contributed by atoms with E-state index in [0.717, 1.165) is 4.57 Å². The van der Waals surface area contributed by atoms with Crippen molar-refractivity contribution in [2.45, 2.75) is 13.0 Å². The van der Waals surface area contributed by atoms with Gasteiger partial charge in [-0.2, -0.15) is 4.79 Å². The highest BCUT2D eigenvalue weighted by Crippen LogP contribution is 1.84. The highest BCUT2D eigenvalue weighted by atomic mass is 16.4. The second-order valence-corrected chi connectivity index (χ2v) is 2.56. The van der Waals surface area contributed by atoms with Crippen LogP contribution in [-0.2, 0) is 11.3 Å². The number of primary amides is 1. The molecule has 0 aliphatic rings. The van der Waals surface area contributed by atoms with Crippen LogP contribution in [0.2, 0.25) is 0 Å². The summed E-state index contributed by atoms with van der Waals surface area (Å²) in [6.07, 6.45) is 3.48. The van der Waals surface area contributed by atoms with Crippen LogP contribution in [0.1, 0.15) is 6.42 Å². The second kappa shape index (κ2) is 3.70. The Morgan fingerprint density at radius 1 is 1.54 bits per heavy atom. The number of imidazole rings is 1. The van der Waals surface area contributed by atoms with Crippen molar-refractivity contribution in [1.82, 2.24) is 4.57 Å². The van der Waals surface area contributed by atoms with E-state index in [0.29, 0.717) is 6.54 Å². The van der Waals surface area contributed by atoms with Gasteiger partial charge in [0.1, 0.15) is 12.4 Å². The molecular formula is C7H10N3O3+. The van der Waals surface area contributed by atoms with E-state index in [4.69, 9.17) is 10.8 Å². The molecule has 0 atom stereocenters. The van der Waals surface area contributed by atoms with Gasteiger partial charge in [0.2, 0.25) is 5.91 Å². The molecule has 1 rings (SSSR count). The molecule has 0 bridgehead atoms. The smallest absolute Gasteiger partial charge is 0.446 e. The molecule has 3 N–H and O–H groups in total. The number of carbonyl (C=O) groups excluding carboxylic acids is 1. The van der Waals surface area contributed by atoms with Crippen molar-refractivity contribution in [2.24, 2.45) is 5.73 Å². The van der Waals surface area contributed by atoms with Gasteiger partial charge >= 0.3 is 6.09 Å². The molecule has 0 spiro atoms. The van der Waals surface area contributed by atoms with Gasteiger partial charge in [-0.25, -0.2) is 4.57 Å². The topological polar surface area (TPSA) is 89.2 Å². The van der Waals surface area contributed by atoms with Gasteiger partial charge in [-0.05, 0) is 0 Å². The van der Waals surface area contributed by atoms with Gasteiger partial charge in [-0.3, -0.25) is 4.79 Å². The minimum absolute atomic E-state index is 0.203. The summed E-state index contributed by atoms with van der Waals surface area (Å²) in [5.41, 5.74) is 4.93. The summed E-state index contributed by atoms with van der Waals surface area (Å²) in [6, 6.07) is 0. The molecule has 70 valence electrons. The first-order chi connectivity index (χ1) is 6.09. The Balaban J connectivity index is 2.59. The largest absolute Gasteiger partial charge is 0.509 e. The van der Waals surface area contributed by atoms with E-state index in [1.54, 1.807) is 10.8 Å². The third kappa shape index (κ3) is 2.58. The molecule has 0 aromatic carbocycles. The van der Waals surface area contributed by atoms with E-state index in [2.05, 4.69) is 0 Å². The average molecular weight is 184 g/mol. The number of carboxylic acid groups (broad SMARTS) is 1. The zero-order valence-electron chi connectivity index (χ0n) is 6.88. The van der Waals surface area contributed by atoms with Crippen molar-refractivity contribution in [2.75, 3.05) is 0 Å². The summed E-state index contributed by atoms with van der Waals surface area (Å²) in [6.45, 7) is 0.398. The fourth-order valence-corrected chi connectivity index (χ4v) is 0.879. The van der Waals surface area contributed by atoms with Crippen LogP contribution < -0.4 is 10.3 Å². The highest BCUT2D eigenvalue weighted by Gasteiger charge is 2.10. The standard InChI is InChI=1S/C7H9N3O3/c8-6(11)1-2-9-3-4-10(5-9)7(12)13/h3-5H,1-2H2,(H2-,8,11,12,13)/p+1. The molecule has 0 unspecified atom stereocenters. The van der Waals surface area contributed by atoms with E-state index in [9.17, 15) is 9.59 Å². The SMILES string of the molecule is NC(=O)CC[n+]1ccn(C(=O)O)c1. The molecule has 6 heteroatoms. The lowest BCUT2D eigenvalue weighted by atomic mass is 10.4. The lowest BCUT2D eigenvalue weighted by Crippen LogP contribution is -2.34. The number of aromatic nitrogens is 2.